The highest BCUT2D eigenvalue weighted by Gasteiger charge is 2.18. The number of thioether (sulfide) groups is 1. The van der Waals surface area contributed by atoms with Gasteiger partial charge in [-0.05, 0) is 38.1 Å². The Kier molecular flexibility index (Phi) is 3.90. The number of rotatable bonds is 4. The second-order valence-electron chi connectivity index (χ2n) is 5.22. The van der Waals surface area contributed by atoms with E-state index in [0.29, 0.717) is 0 Å². The van der Waals surface area contributed by atoms with E-state index in [0.717, 1.165) is 21.9 Å². The van der Waals surface area contributed by atoms with Crippen molar-refractivity contribution in [3.05, 3.63) is 54.1 Å². The minimum absolute atomic E-state index is 0.332. The lowest BCUT2D eigenvalue weighted by molar-refractivity contribution is -0.117. The van der Waals surface area contributed by atoms with Crippen LogP contribution in [0.25, 0.3) is 16.7 Å². The first kappa shape index (κ1) is 14.7. The average Bonchev–Trinajstić information content (AvgIpc) is 2.86. The van der Waals surface area contributed by atoms with E-state index >= 15 is 0 Å². The van der Waals surface area contributed by atoms with E-state index in [1.54, 1.807) is 6.92 Å². The number of aryl methyl sites for hydroxylation is 1. The minimum atomic E-state index is -0.340. The number of imidazole rings is 1. The molecule has 5 heteroatoms. The summed E-state index contributed by atoms with van der Waals surface area (Å²) in [5.74, 6) is -0.340. The molecule has 4 nitrogen and oxygen atoms in total. The maximum atomic E-state index is 11.4. The number of hydrogen-bond acceptors (Lipinski definition) is 3. The molecule has 0 fully saturated rings. The number of primary amides is 1. The Morgan fingerprint density at radius 2 is 1.86 bits per heavy atom. The molecule has 1 amide bonds. The molecule has 3 aromatic rings. The lowest BCUT2D eigenvalue weighted by atomic mass is 10.2. The van der Waals surface area contributed by atoms with Gasteiger partial charge in [-0.2, -0.15) is 0 Å². The molecular formula is C17H17N3OS. The van der Waals surface area contributed by atoms with Gasteiger partial charge in [-0.3, -0.25) is 9.36 Å². The maximum Gasteiger partial charge on any atom is 0.230 e. The van der Waals surface area contributed by atoms with Crippen LogP contribution < -0.4 is 5.73 Å². The summed E-state index contributed by atoms with van der Waals surface area (Å²) in [4.78, 5) is 16.0. The second kappa shape index (κ2) is 5.85. The number of hydrogen-bond donors (Lipinski definition) is 1. The van der Waals surface area contributed by atoms with Gasteiger partial charge in [0.05, 0.1) is 16.3 Å². The third-order valence-corrected chi connectivity index (χ3v) is 4.58. The van der Waals surface area contributed by atoms with Crippen LogP contribution in [0.3, 0.4) is 0 Å². The van der Waals surface area contributed by atoms with E-state index in [-0.39, 0.29) is 11.2 Å². The van der Waals surface area contributed by atoms with E-state index in [9.17, 15) is 4.79 Å². The predicted molar refractivity (Wildman–Crippen MR) is 90.3 cm³/mol. The van der Waals surface area contributed by atoms with Gasteiger partial charge in [-0.25, -0.2) is 4.98 Å². The molecule has 0 aliphatic carbocycles. The van der Waals surface area contributed by atoms with Gasteiger partial charge in [-0.15, -0.1) is 0 Å². The Labute approximate surface area is 133 Å². The smallest absolute Gasteiger partial charge is 0.230 e. The van der Waals surface area contributed by atoms with E-state index in [2.05, 4.69) is 40.7 Å². The van der Waals surface area contributed by atoms with Crippen LogP contribution >= 0.6 is 11.8 Å². The second-order valence-corrected chi connectivity index (χ2v) is 6.52. The lowest BCUT2D eigenvalue weighted by Crippen LogP contribution is -2.23. The fourth-order valence-corrected chi connectivity index (χ4v) is 3.14. The molecule has 0 saturated heterocycles. The van der Waals surface area contributed by atoms with Gasteiger partial charge in [-0.1, -0.05) is 41.6 Å². The summed E-state index contributed by atoms with van der Waals surface area (Å²) in [6, 6.07) is 16.2. The first-order valence-corrected chi connectivity index (χ1v) is 7.95. The van der Waals surface area contributed by atoms with Crippen molar-refractivity contribution in [1.82, 2.24) is 9.55 Å². The molecule has 0 bridgehead atoms. The Balaban J connectivity index is 2.16. The highest BCUT2D eigenvalue weighted by atomic mass is 32.2. The van der Waals surface area contributed by atoms with Crippen molar-refractivity contribution in [3.8, 4) is 5.69 Å². The zero-order valence-electron chi connectivity index (χ0n) is 12.5. The monoisotopic (exact) mass is 311 g/mol. The van der Waals surface area contributed by atoms with Crippen molar-refractivity contribution in [2.75, 3.05) is 0 Å². The topological polar surface area (TPSA) is 60.9 Å². The molecule has 0 saturated carbocycles. The van der Waals surface area contributed by atoms with Crippen LogP contribution in [0.2, 0.25) is 0 Å². The van der Waals surface area contributed by atoms with Gasteiger partial charge >= 0.3 is 0 Å². The van der Waals surface area contributed by atoms with Crippen molar-refractivity contribution in [2.45, 2.75) is 24.3 Å². The Morgan fingerprint density at radius 1 is 1.18 bits per heavy atom. The summed E-state index contributed by atoms with van der Waals surface area (Å²) in [5.41, 5.74) is 9.54. The molecule has 1 heterocycles. The van der Waals surface area contributed by atoms with Crippen LogP contribution in [0.5, 0.6) is 0 Å². The first-order chi connectivity index (χ1) is 10.6. The summed E-state index contributed by atoms with van der Waals surface area (Å²) in [6.45, 7) is 3.85. The van der Waals surface area contributed by atoms with Crippen LogP contribution in [0, 0.1) is 6.92 Å². The molecule has 1 unspecified atom stereocenters. The number of carbonyl (C=O) groups is 1. The maximum absolute atomic E-state index is 11.4. The number of nitrogens with two attached hydrogens (primary N) is 1. The van der Waals surface area contributed by atoms with Crippen LogP contribution in [0.15, 0.2) is 53.7 Å². The first-order valence-electron chi connectivity index (χ1n) is 7.07. The lowest BCUT2D eigenvalue weighted by Gasteiger charge is -2.11. The van der Waals surface area contributed by atoms with Crippen molar-refractivity contribution >= 4 is 28.7 Å². The number of benzene rings is 2. The molecule has 1 atom stereocenters. The number of carbonyl (C=O) groups excluding carboxylic acids is 1. The molecular weight excluding hydrogens is 294 g/mol. The summed E-state index contributed by atoms with van der Waals surface area (Å²) < 4.78 is 2.07. The van der Waals surface area contributed by atoms with Crippen molar-refractivity contribution in [3.63, 3.8) is 0 Å². The zero-order valence-corrected chi connectivity index (χ0v) is 13.3. The van der Waals surface area contributed by atoms with Crippen LogP contribution in [-0.2, 0) is 4.79 Å². The molecule has 0 radical (unpaired) electrons. The minimum Gasteiger partial charge on any atom is -0.369 e. The van der Waals surface area contributed by atoms with Crippen molar-refractivity contribution in [2.24, 2.45) is 5.73 Å². The van der Waals surface area contributed by atoms with Gasteiger partial charge in [0.15, 0.2) is 5.16 Å². The quantitative estimate of drug-likeness (QED) is 0.752. The molecule has 0 spiro atoms. The summed E-state index contributed by atoms with van der Waals surface area (Å²) in [5, 5.41) is 0.442. The number of para-hydroxylation sites is 2. The number of fused-ring (bicyclic) bond motifs is 1. The Morgan fingerprint density at radius 3 is 2.55 bits per heavy atom. The molecule has 2 aromatic carbocycles. The highest BCUT2D eigenvalue weighted by molar-refractivity contribution is 8.00. The van der Waals surface area contributed by atoms with E-state index in [4.69, 9.17) is 5.73 Å². The molecule has 112 valence electrons. The van der Waals surface area contributed by atoms with Crippen molar-refractivity contribution < 1.29 is 4.79 Å². The molecule has 2 N–H and O–H groups in total. The predicted octanol–water partition coefficient (Wildman–Crippen LogP) is 3.30. The molecule has 22 heavy (non-hydrogen) atoms. The fourth-order valence-electron chi connectivity index (χ4n) is 2.24. The van der Waals surface area contributed by atoms with E-state index < -0.39 is 0 Å². The van der Waals surface area contributed by atoms with Crippen LogP contribution in [0.4, 0.5) is 0 Å². The largest absolute Gasteiger partial charge is 0.369 e. The highest BCUT2D eigenvalue weighted by Crippen LogP contribution is 2.30. The number of aromatic nitrogens is 2. The Hall–Kier alpha value is -2.27. The van der Waals surface area contributed by atoms with Gasteiger partial charge in [0.25, 0.3) is 0 Å². The van der Waals surface area contributed by atoms with Crippen molar-refractivity contribution in [1.29, 1.82) is 0 Å². The van der Waals surface area contributed by atoms with Gasteiger partial charge in [0.1, 0.15) is 0 Å². The SMILES string of the molecule is Cc1ccc(-n2c(SC(C)C(N)=O)nc3ccccc32)cc1. The molecule has 0 aliphatic rings. The van der Waals surface area contributed by atoms with E-state index in [1.807, 2.05) is 24.3 Å². The third kappa shape index (κ3) is 2.72. The number of nitrogens with zero attached hydrogens (tertiary/aromatic N) is 2. The normalized spacial score (nSPS) is 12.5. The zero-order chi connectivity index (χ0) is 15.7. The van der Waals surface area contributed by atoms with Gasteiger partial charge in [0.2, 0.25) is 5.91 Å². The molecule has 0 aliphatic heterocycles. The van der Waals surface area contributed by atoms with Crippen LogP contribution in [-0.4, -0.2) is 20.7 Å². The summed E-state index contributed by atoms with van der Waals surface area (Å²) in [6.07, 6.45) is 0. The van der Waals surface area contributed by atoms with E-state index in [1.165, 1.54) is 17.3 Å². The Bertz CT molecular complexity index is 824. The standard InChI is InChI=1S/C17H17N3OS/c1-11-7-9-13(10-8-11)20-15-6-4-3-5-14(15)19-17(20)22-12(2)16(18)21/h3-10,12H,1-2H3,(H2,18,21). The summed E-state index contributed by atoms with van der Waals surface area (Å²) >= 11 is 1.38. The van der Waals surface area contributed by atoms with Gasteiger partial charge < -0.3 is 5.73 Å². The fraction of sp³-hybridized carbons (Fsp3) is 0.176. The molecule has 3 rings (SSSR count). The van der Waals surface area contributed by atoms with Gasteiger partial charge in [0, 0.05) is 5.69 Å². The summed E-state index contributed by atoms with van der Waals surface area (Å²) in [7, 11) is 0. The third-order valence-electron chi connectivity index (χ3n) is 3.51. The van der Waals surface area contributed by atoms with Crippen LogP contribution in [0.1, 0.15) is 12.5 Å². The average molecular weight is 311 g/mol. The molecule has 1 aromatic heterocycles. The number of amides is 1.